The van der Waals surface area contributed by atoms with Crippen molar-refractivity contribution in [3.05, 3.63) is 30.0 Å². The number of nitrogens with one attached hydrogen (secondary N) is 1. The molecule has 5 heteroatoms. The average molecular weight is 327 g/mol. The maximum Gasteiger partial charge on any atom is 0.270 e. The van der Waals surface area contributed by atoms with Crippen molar-refractivity contribution in [3.63, 3.8) is 0 Å². The van der Waals surface area contributed by atoms with Gasteiger partial charge in [-0.1, -0.05) is 6.42 Å². The summed E-state index contributed by atoms with van der Waals surface area (Å²) in [4.78, 5) is 20.7. The molecule has 0 radical (unpaired) electrons. The first-order valence-electron chi connectivity index (χ1n) is 8.95. The topological polar surface area (TPSA) is 48.6 Å². The van der Waals surface area contributed by atoms with Gasteiger partial charge in [0.25, 0.3) is 5.91 Å². The van der Waals surface area contributed by atoms with E-state index in [2.05, 4.69) is 9.88 Å². The maximum atomic E-state index is 12.9. The summed E-state index contributed by atoms with van der Waals surface area (Å²) in [6.07, 6.45) is 5.09. The summed E-state index contributed by atoms with van der Waals surface area (Å²) < 4.78 is 5.25. The lowest BCUT2D eigenvalue weighted by atomic mass is 9.91. The Labute approximate surface area is 142 Å². The van der Waals surface area contributed by atoms with Crippen LogP contribution >= 0.6 is 0 Å². The van der Waals surface area contributed by atoms with E-state index in [0.717, 1.165) is 55.3 Å². The standard InChI is InChI=1S/C19H25N3O2/c1-24-16-7-6-14-12-18(20-17(14)13-16)19(23)22-9-3-8-21(10-11-22)15-4-2-5-15/h6-7,12-13,15,20H,2-5,8-11H2,1H3. The number of hydrogen-bond acceptors (Lipinski definition) is 3. The van der Waals surface area contributed by atoms with Crippen molar-refractivity contribution in [3.8, 4) is 5.75 Å². The molecule has 1 N–H and O–H groups in total. The molecular formula is C19H25N3O2. The molecule has 2 aliphatic rings. The highest BCUT2D eigenvalue weighted by atomic mass is 16.5. The van der Waals surface area contributed by atoms with Crippen LogP contribution in [0.3, 0.4) is 0 Å². The van der Waals surface area contributed by atoms with E-state index in [1.165, 1.54) is 19.3 Å². The predicted molar refractivity (Wildman–Crippen MR) is 94.6 cm³/mol. The van der Waals surface area contributed by atoms with Crippen LogP contribution in [0.5, 0.6) is 5.75 Å². The zero-order valence-corrected chi connectivity index (χ0v) is 14.3. The van der Waals surface area contributed by atoms with Crippen molar-refractivity contribution in [1.29, 1.82) is 0 Å². The summed E-state index contributed by atoms with van der Waals surface area (Å²) in [5.41, 5.74) is 1.62. The van der Waals surface area contributed by atoms with Crippen LogP contribution in [0.1, 0.15) is 36.2 Å². The fourth-order valence-electron chi connectivity index (χ4n) is 3.78. The monoisotopic (exact) mass is 327 g/mol. The molecule has 1 aliphatic carbocycles. The number of methoxy groups -OCH3 is 1. The van der Waals surface area contributed by atoms with Crippen LogP contribution in [-0.2, 0) is 0 Å². The van der Waals surface area contributed by atoms with Crippen LogP contribution in [0.15, 0.2) is 24.3 Å². The van der Waals surface area contributed by atoms with Crippen molar-refractivity contribution in [2.24, 2.45) is 0 Å². The van der Waals surface area contributed by atoms with Crippen molar-refractivity contribution in [2.45, 2.75) is 31.7 Å². The minimum absolute atomic E-state index is 0.112. The van der Waals surface area contributed by atoms with Crippen molar-refractivity contribution >= 4 is 16.8 Å². The normalized spacial score (nSPS) is 20.0. The number of nitrogens with zero attached hydrogens (tertiary/aromatic N) is 2. The Bertz CT molecular complexity index is 735. The van der Waals surface area contributed by atoms with E-state index >= 15 is 0 Å². The number of aromatic amines is 1. The number of fused-ring (bicyclic) bond motifs is 1. The number of rotatable bonds is 3. The van der Waals surface area contributed by atoms with E-state index in [-0.39, 0.29) is 5.91 Å². The highest BCUT2D eigenvalue weighted by Crippen LogP contribution is 2.26. The summed E-state index contributed by atoms with van der Waals surface area (Å²) in [6, 6.07) is 8.56. The summed E-state index contributed by atoms with van der Waals surface area (Å²) in [5.74, 6) is 0.912. The molecular weight excluding hydrogens is 302 g/mol. The molecule has 1 saturated heterocycles. The average Bonchev–Trinajstić information content (AvgIpc) is 2.83. The van der Waals surface area contributed by atoms with E-state index in [1.54, 1.807) is 7.11 Å². The molecule has 2 fully saturated rings. The van der Waals surface area contributed by atoms with Crippen LogP contribution in [0, 0.1) is 0 Å². The fourth-order valence-corrected chi connectivity index (χ4v) is 3.78. The van der Waals surface area contributed by atoms with Gasteiger partial charge in [-0.2, -0.15) is 0 Å². The number of amides is 1. The number of ether oxygens (including phenoxy) is 1. The number of hydrogen-bond donors (Lipinski definition) is 1. The summed E-state index contributed by atoms with van der Waals surface area (Å²) in [6.45, 7) is 3.80. The smallest absolute Gasteiger partial charge is 0.270 e. The molecule has 5 nitrogen and oxygen atoms in total. The predicted octanol–water partition coefficient (Wildman–Crippen LogP) is 2.88. The maximum absolute atomic E-state index is 12.9. The highest BCUT2D eigenvalue weighted by molar-refractivity contribution is 5.98. The molecule has 1 aliphatic heterocycles. The third-order valence-corrected chi connectivity index (χ3v) is 5.47. The minimum Gasteiger partial charge on any atom is -0.497 e. The fraction of sp³-hybridized carbons (Fsp3) is 0.526. The zero-order chi connectivity index (χ0) is 16.5. The number of benzene rings is 1. The summed E-state index contributed by atoms with van der Waals surface area (Å²) >= 11 is 0. The quantitative estimate of drug-likeness (QED) is 0.943. The summed E-state index contributed by atoms with van der Waals surface area (Å²) in [7, 11) is 1.65. The highest BCUT2D eigenvalue weighted by Gasteiger charge is 2.28. The molecule has 1 saturated carbocycles. The number of H-pyrrole nitrogens is 1. The second-order valence-electron chi connectivity index (χ2n) is 6.90. The van der Waals surface area contributed by atoms with Crippen LogP contribution in [0.25, 0.3) is 10.9 Å². The Morgan fingerprint density at radius 2 is 2.00 bits per heavy atom. The zero-order valence-electron chi connectivity index (χ0n) is 14.3. The number of aromatic nitrogens is 1. The molecule has 1 amide bonds. The van der Waals surface area contributed by atoms with Gasteiger partial charge in [0, 0.05) is 49.2 Å². The number of carbonyl (C=O) groups excluding carboxylic acids is 1. The van der Waals surface area contributed by atoms with Gasteiger partial charge in [-0.25, -0.2) is 0 Å². The van der Waals surface area contributed by atoms with Gasteiger partial charge in [-0.15, -0.1) is 0 Å². The number of carbonyl (C=O) groups is 1. The van der Waals surface area contributed by atoms with Crippen LogP contribution in [0.2, 0.25) is 0 Å². The first-order chi connectivity index (χ1) is 11.7. The molecule has 0 bridgehead atoms. The second kappa shape index (κ2) is 6.48. The molecule has 24 heavy (non-hydrogen) atoms. The van der Waals surface area contributed by atoms with Gasteiger partial charge in [0.05, 0.1) is 7.11 Å². The first kappa shape index (κ1) is 15.5. The molecule has 1 aromatic carbocycles. The van der Waals surface area contributed by atoms with Gasteiger partial charge in [-0.05, 0) is 37.5 Å². The minimum atomic E-state index is 0.112. The summed E-state index contributed by atoms with van der Waals surface area (Å²) in [5, 5.41) is 1.05. The molecule has 0 unspecified atom stereocenters. The lowest BCUT2D eigenvalue weighted by Gasteiger charge is -2.36. The third kappa shape index (κ3) is 2.88. The molecule has 1 aromatic heterocycles. The molecule has 0 spiro atoms. The first-order valence-corrected chi connectivity index (χ1v) is 8.95. The lowest BCUT2D eigenvalue weighted by molar-refractivity contribution is 0.0745. The van der Waals surface area contributed by atoms with Gasteiger partial charge in [0.2, 0.25) is 0 Å². The van der Waals surface area contributed by atoms with E-state index < -0.39 is 0 Å². The van der Waals surface area contributed by atoms with Gasteiger partial charge < -0.3 is 14.6 Å². The van der Waals surface area contributed by atoms with Crippen LogP contribution < -0.4 is 4.74 Å². The van der Waals surface area contributed by atoms with Crippen molar-refractivity contribution in [1.82, 2.24) is 14.8 Å². The Kier molecular flexibility index (Phi) is 4.19. The van der Waals surface area contributed by atoms with Gasteiger partial charge in [0.15, 0.2) is 0 Å². The van der Waals surface area contributed by atoms with E-state index in [9.17, 15) is 4.79 Å². The Morgan fingerprint density at radius 1 is 1.12 bits per heavy atom. The Balaban J connectivity index is 1.48. The van der Waals surface area contributed by atoms with Crippen LogP contribution in [0.4, 0.5) is 0 Å². The van der Waals surface area contributed by atoms with Crippen LogP contribution in [-0.4, -0.2) is 60.0 Å². The molecule has 2 heterocycles. The van der Waals surface area contributed by atoms with E-state index in [0.29, 0.717) is 5.69 Å². The Morgan fingerprint density at radius 3 is 2.75 bits per heavy atom. The van der Waals surface area contributed by atoms with E-state index in [4.69, 9.17) is 4.74 Å². The Hall–Kier alpha value is -2.01. The molecule has 128 valence electrons. The van der Waals surface area contributed by atoms with Crippen molar-refractivity contribution < 1.29 is 9.53 Å². The largest absolute Gasteiger partial charge is 0.497 e. The van der Waals surface area contributed by atoms with Gasteiger partial charge in [0.1, 0.15) is 11.4 Å². The lowest BCUT2D eigenvalue weighted by Crippen LogP contribution is -2.42. The van der Waals surface area contributed by atoms with Gasteiger partial charge in [-0.3, -0.25) is 9.69 Å². The van der Waals surface area contributed by atoms with Crippen molar-refractivity contribution in [2.75, 3.05) is 33.3 Å². The van der Waals surface area contributed by atoms with Gasteiger partial charge >= 0.3 is 0 Å². The van der Waals surface area contributed by atoms with E-state index in [1.807, 2.05) is 29.2 Å². The molecule has 4 rings (SSSR count). The molecule has 2 aromatic rings. The second-order valence-corrected chi connectivity index (χ2v) is 6.90. The third-order valence-electron chi connectivity index (χ3n) is 5.47. The molecule has 0 atom stereocenters. The SMILES string of the molecule is COc1ccc2cc(C(=O)N3CCCN(C4CCC4)CC3)[nH]c2c1.